The van der Waals surface area contributed by atoms with E-state index in [1.165, 1.54) is 7.11 Å². The third-order valence-corrected chi connectivity index (χ3v) is 3.53. The number of allylic oxidation sites excluding steroid dienone is 4. The molecule has 0 aromatic carbocycles. The van der Waals surface area contributed by atoms with Crippen molar-refractivity contribution in [2.24, 2.45) is 11.8 Å². The maximum atomic E-state index is 11.9. The van der Waals surface area contributed by atoms with Gasteiger partial charge in [-0.05, 0) is 34.7 Å². The van der Waals surface area contributed by atoms with Crippen LogP contribution in [-0.2, 0) is 14.3 Å². The normalized spacial score (nSPS) is 24.2. The highest BCUT2D eigenvalue weighted by atomic mass is 79.9. The molecule has 0 saturated heterocycles. The summed E-state index contributed by atoms with van der Waals surface area (Å²) in [6.45, 7) is 2.05. The van der Waals surface area contributed by atoms with Crippen LogP contribution in [0.3, 0.4) is 0 Å². The van der Waals surface area contributed by atoms with Gasteiger partial charge in [0.2, 0.25) is 0 Å². The number of carbonyl (C=O) groups is 2. The van der Waals surface area contributed by atoms with Gasteiger partial charge in [-0.2, -0.15) is 0 Å². The summed E-state index contributed by atoms with van der Waals surface area (Å²) in [5, 5.41) is 0. The molecule has 1 rings (SSSR count). The fraction of sp³-hybridized carbons (Fsp3) is 0.538. The number of halogens is 1. The molecule has 1 aliphatic rings. The highest BCUT2D eigenvalue weighted by Gasteiger charge is 2.35. The highest BCUT2D eigenvalue weighted by molar-refractivity contribution is 9.12. The van der Waals surface area contributed by atoms with Crippen LogP contribution in [0.2, 0.25) is 0 Å². The number of rotatable bonds is 5. The molecule has 2 unspecified atom stereocenters. The molecule has 0 amide bonds. The predicted octanol–water partition coefficient (Wildman–Crippen LogP) is 3.00. The number of esters is 1. The summed E-state index contributed by atoms with van der Waals surface area (Å²) in [5.74, 6) is -0.373. The van der Waals surface area contributed by atoms with E-state index in [2.05, 4.69) is 20.7 Å². The molecule has 4 heteroatoms. The van der Waals surface area contributed by atoms with E-state index in [1.807, 2.05) is 25.2 Å². The molecule has 0 aromatic heterocycles. The Morgan fingerprint density at radius 3 is 2.82 bits per heavy atom. The topological polar surface area (TPSA) is 43.4 Å². The quantitative estimate of drug-likeness (QED) is 0.579. The minimum Gasteiger partial charge on any atom is -0.469 e. The summed E-state index contributed by atoms with van der Waals surface area (Å²) in [6, 6.07) is 0. The van der Waals surface area contributed by atoms with E-state index in [0.717, 1.165) is 6.42 Å². The summed E-state index contributed by atoms with van der Waals surface area (Å²) in [6.07, 6.45) is 7.77. The number of hydrogen-bond donors (Lipinski definition) is 0. The SMILES string of the molecule is CC/C=C/CC1C(=O)C(Br)=CC1CC(=O)OC. The number of hydrogen-bond acceptors (Lipinski definition) is 3. The zero-order valence-electron chi connectivity index (χ0n) is 10.1. The third kappa shape index (κ3) is 3.80. The standard InChI is InChI=1S/C13H17BrO3/c1-3-4-5-6-10-9(8-12(15)17-2)7-11(14)13(10)16/h4-5,7,9-10H,3,6,8H2,1-2H3/b5-4+. The first-order valence-electron chi connectivity index (χ1n) is 5.73. The highest BCUT2D eigenvalue weighted by Crippen LogP contribution is 2.35. The Morgan fingerprint density at radius 1 is 1.53 bits per heavy atom. The van der Waals surface area contributed by atoms with Crippen molar-refractivity contribution in [2.75, 3.05) is 7.11 Å². The van der Waals surface area contributed by atoms with Gasteiger partial charge in [0.15, 0.2) is 5.78 Å². The first-order chi connectivity index (χ1) is 8.10. The Bertz CT molecular complexity index is 358. The Labute approximate surface area is 110 Å². The minimum atomic E-state index is -0.272. The molecular formula is C13H17BrO3. The molecule has 0 aromatic rings. The summed E-state index contributed by atoms with van der Waals surface area (Å²) < 4.78 is 5.23. The molecule has 17 heavy (non-hydrogen) atoms. The zero-order valence-corrected chi connectivity index (χ0v) is 11.7. The number of ether oxygens (including phenoxy) is 1. The fourth-order valence-corrected chi connectivity index (χ4v) is 2.56. The molecule has 0 saturated carbocycles. The second-order valence-electron chi connectivity index (χ2n) is 4.04. The second-order valence-corrected chi connectivity index (χ2v) is 4.90. The first-order valence-corrected chi connectivity index (χ1v) is 6.52. The van der Waals surface area contributed by atoms with Crippen LogP contribution >= 0.6 is 15.9 Å². The Hall–Kier alpha value is -0.900. The molecule has 0 radical (unpaired) electrons. The van der Waals surface area contributed by atoms with Gasteiger partial charge in [-0.15, -0.1) is 0 Å². The molecule has 0 heterocycles. The van der Waals surface area contributed by atoms with E-state index in [1.54, 1.807) is 0 Å². The molecule has 0 bridgehead atoms. The number of methoxy groups -OCH3 is 1. The van der Waals surface area contributed by atoms with Crippen molar-refractivity contribution >= 4 is 27.7 Å². The van der Waals surface area contributed by atoms with Crippen LogP contribution in [-0.4, -0.2) is 18.9 Å². The second kappa shape index (κ2) is 6.74. The van der Waals surface area contributed by atoms with Crippen molar-refractivity contribution in [3.05, 3.63) is 22.7 Å². The molecule has 1 aliphatic carbocycles. The Morgan fingerprint density at radius 2 is 2.24 bits per heavy atom. The van der Waals surface area contributed by atoms with Gasteiger partial charge in [0.25, 0.3) is 0 Å². The maximum Gasteiger partial charge on any atom is 0.306 e. The van der Waals surface area contributed by atoms with Crippen molar-refractivity contribution < 1.29 is 14.3 Å². The molecule has 0 aliphatic heterocycles. The molecule has 2 atom stereocenters. The third-order valence-electron chi connectivity index (χ3n) is 2.87. The Balaban J connectivity index is 2.68. The predicted molar refractivity (Wildman–Crippen MR) is 69.7 cm³/mol. The van der Waals surface area contributed by atoms with Crippen LogP contribution in [0, 0.1) is 11.8 Å². The monoisotopic (exact) mass is 300 g/mol. The van der Waals surface area contributed by atoms with Crippen molar-refractivity contribution in [3.63, 3.8) is 0 Å². The number of ketones is 1. The van der Waals surface area contributed by atoms with Crippen molar-refractivity contribution in [1.29, 1.82) is 0 Å². The Kier molecular flexibility index (Phi) is 5.62. The van der Waals surface area contributed by atoms with Crippen LogP contribution in [0.1, 0.15) is 26.2 Å². The molecule has 0 fully saturated rings. The van der Waals surface area contributed by atoms with Gasteiger partial charge in [0.1, 0.15) is 0 Å². The van der Waals surface area contributed by atoms with Crippen molar-refractivity contribution in [3.8, 4) is 0 Å². The zero-order chi connectivity index (χ0) is 12.8. The minimum absolute atomic E-state index is 0.0502. The largest absolute Gasteiger partial charge is 0.469 e. The summed E-state index contributed by atoms with van der Waals surface area (Å²) >= 11 is 3.24. The number of Topliss-reactive ketones (excluding diaryl/α,β-unsaturated/α-hetero) is 1. The van der Waals surface area contributed by atoms with Gasteiger partial charge in [-0.3, -0.25) is 9.59 Å². The van der Waals surface area contributed by atoms with Crippen molar-refractivity contribution in [2.45, 2.75) is 26.2 Å². The first kappa shape index (κ1) is 14.2. The van der Waals surface area contributed by atoms with Crippen LogP contribution in [0.5, 0.6) is 0 Å². The van der Waals surface area contributed by atoms with E-state index in [-0.39, 0.29) is 30.0 Å². The fourth-order valence-electron chi connectivity index (χ4n) is 1.93. The van der Waals surface area contributed by atoms with E-state index >= 15 is 0 Å². The molecule has 94 valence electrons. The van der Waals surface area contributed by atoms with Gasteiger partial charge in [0, 0.05) is 5.92 Å². The van der Waals surface area contributed by atoms with Crippen LogP contribution < -0.4 is 0 Å². The van der Waals surface area contributed by atoms with E-state index in [4.69, 9.17) is 0 Å². The summed E-state index contributed by atoms with van der Waals surface area (Å²) in [4.78, 5) is 23.1. The van der Waals surface area contributed by atoms with Crippen LogP contribution in [0.15, 0.2) is 22.7 Å². The van der Waals surface area contributed by atoms with Crippen LogP contribution in [0.4, 0.5) is 0 Å². The maximum absolute atomic E-state index is 11.9. The van der Waals surface area contributed by atoms with E-state index < -0.39 is 0 Å². The molecule has 3 nitrogen and oxygen atoms in total. The van der Waals surface area contributed by atoms with Gasteiger partial charge >= 0.3 is 5.97 Å². The molecule has 0 N–H and O–H groups in total. The number of carbonyl (C=O) groups excluding carboxylic acids is 2. The lowest BCUT2D eigenvalue weighted by Gasteiger charge is -2.14. The van der Waals surface area contributed by atoms with Gasteiger partial charge in [-0.25, -0.2) is 0 Å². The van der Waals surface area contributed by atoms with Gasteiger partial charge < -0.3 is 4.74 Å². The lowest BCUT2D eigenvalue weighted by molar-refractivity contribution is -0.141. The summed E-state index contributed by atoms with van der Waals surface area (Å²) in [7, 11) is 1.36. The van der Waals surface area contributed by atoms with Crippen LogP contribution in [0.25, 0.3) is 0 Å². The van der Waals surface area contributed by atoms with E-state index in [0.29, 0.717) is 10.9 Å². The lowest BCUT2D eigenvalue weighted by atomic mass is 9.89. The average molecular weight is 301 g/mol. The smallest absolute Gasteiger partial charge is 0.306 e. The summed E-state index contributed by atoms with van der Waals surface area (Å²) in [5.41, 5.74) is 0. The molecular weight excluding hydrogens is 284 g/mol. The van der Waals surface area contributed by atoms with Crippen molar-refractivity contribution in [1.82, 2.24) is 0 Å². The lowest BCUT2D eigenvalue weighted by Crippen LogP contribution is -2.19. The van der Waals surface area contributed by atoms with E-state index in [9.17, 15) is 9.59 Å². The molecule has 0 spiro atoms. The van der Waals surface area contributed by atoms with Gasteiger partial charge in [-0.1, -0.05) is 25.2 Å². The average Bonchev–Trinajstić information content (AvgIpc) is 2.57. The van der Waals surface area contributed by atoms with Gasteiger partial charge in [0.05, 0.1) is 18.0 Å².